The topological polar surface area (TPSA) is 47.0 Å². The van der Waals surface area contributed by atoms with E-state index in [1.165, 1.54) is 6.33 Å². The summed E-state index contributed by atoms with van der Waals surface area (Å²) >= 11 is 5.72. The molecule has 1 saturated heterocycles. The summed E-state index contributed by atoms with van der Waals surface area (Å²) in [6.07, 6.45) is 3.82. The second kappa shape index (κ2) is 4.57. The monoisotopic (exact) mass is 213 g/mol. The van der Waals surface area contributed by atoms with Crippen molar-refractivity contribution in [3.8, 4) is 5.88 Å². The van der Waals surface area contributed by atoms with Crippen molar-refractivity contribution in [2.24, 2.45) is 0 Å². The molecule has 1 aromatic heterocycles. The van der Waals surface area contributed by atoms with E-state index in [-0.39, 0.29) is 6.10 Å². The second-order valence-electron chi connectivity index (χ2n) is 3.27. The average molecular weight is 214 g/mol. The Kier molecular flexibility index (Phi) is 3.16. The number of ether oxygens (including phenoxy) is 1. The Labute approximate surface area is 87.7 Å². The summed E-state index contributed by atoms with van der Waals surface area (Å²) in [7, 11) is 0. The van der Waals surface area contributed by atoms with Crippen LogP contribution in [0.1, 0.15) is 12.8 Å². The van der Waals surface area contributed by atoms with E-state index < -0.39 is 0 Å². The molecule has 0 saturated carbocycles. The lowest BCUT2D eigenvalue weighted by Gasteiger charge is -2.23. The summed E-state index contributed by atoms with van der Waals surface area (Å²) in [6.45, 7) is 1.95. The van der Waals surface area contributed by atoms with E-state index in [0.29, 0.717) is 11.0 Å². The van der Waals surface area contributed by atoms with Gasteiger partial charge in [-0.1, -0.05) is 11.6 Å². The molecule has 14 heavy (non-hydrogen) atoms. The number of nitrogens with one attached hydrogen (secondary N) is 1. The van der Waals surface area contributed by atoms with Crippen LogP contribution in [-0.2, 0) is 0 Å². The van der Waals surface area contributed by atoms with E-state index >= 15 is 0 Å². The van der Waals surface area contributed by atoms with Crippen LogP contribution in [0.15, 0.2) is 12.4 Å². The van der Waals surface area contributed by atoms with Gasteiger partial charge in [-0.3, -0.25) is 0 Å². The van der Waals surface area contributed by atoms with Crippen molar-refractivity contribution >= 4 is 11.6 Å². The lowest BCUT2D eigenvalue weighted by molar-refractivity contribution is 0.160. The molecule has 1 N–H and O–H groups in total. The van der Waals surface area contributed by atoms with Crippen molar-refractivity contribution in [2.75, 3.05) is 13.1 Å². The van der Waals surface area contributed by atoms with Gasteiger partial charge < -0.3 is 10.1 Å². The third-order valence-corrected chi connectivity index (χ3v) is 2.35. The Morgan fingerprint density at radius 3 is 3.14 bits per heavy atom. The van der Waals surface area contributed by atoms with Crippen LogP contribution in [0.2, 0.25) is 5.15 Å². The lowest BCUT2D eigenvalue weighted by atomic mass is 10.1. The molecule has 2 rings (SSSR count). The molecule has 1 atom stereocenters. The van der Waals surface area contributed by atoms with Crippen molar-refractivity contribution in [1.29, 1.82) is 0 Å². The van der Waals surface area contributed by atoms with Gasteiger partial charge in [-0.2, -0.15) is 0 Å². The maximum Gasteiger partial charge on any atom is 0.218 e. The highest BCUT2D eigenvalue weighted by molar-refractivity contribution is 6.29. The van der Waals surface area contributed by atoms with Crippen molar-refractivity contribution in [3.63, 3.8) is 0 Å². The minimum Gasteiger partial charge on any atom is -0.473 e. The molecule has 5 heteroatoms. The first-order chi connectivity index (χ1) is 6.84. The minimum atomic E-state index is 0.203. The van der Waals surface area contributed by atoms with Crippen molar-refractivity contribution < 1.29 is 4.74 Å². The molecule has 1 fully saturated rings. The predicted octanol–water partition coefficient (Wildman–Crippen LogP) is 1.26. The number of hydrogen-bond donors (Lipinski definition) is 1. The molecule has 1 aromatic rings. The third kappa shape index (κ3) is 2.56. The van der Waals surface area contributed by atoms with E-state index in [1.54, 1.807) is 6.07 Å². The third-order valence-electron chi connectivity index (χ3n) is 2.15. The van der Waals surface area contributed by atoms with Crippen LogP contribution < -0.4 is 10.1 Å². The van der Waals surface area contributed by atoms with Gasteiger partial charge in [-0.25, -0.2) is 9.97 Å². The molecule has 4 nitrogen and oxygen atoms in total. The van der Waals surface area contributed by atoms with Crippen LogP contribution in [-0.4, -0.2) is 29.2 Å². The van der Waals surface area contributed by atoms with Crippen molar-refractivity contribution in [3.05, 3.63) is 17.5 Å². The fourth-order valence-electron chi connectivity index (χ4n) is 1.47. The second-order valence-corrected chi connectivity index (χ2v) is 3.65. The SMILES string of the molecule is Clc1cc(O[C@@H]2CCCNC2)ncn1. The van der Waals surface area contributed by atoms with Gasteiger partial charge in [0.15, 0.2) is 0 Å². The quantitative estimate of drug-likeness (QED) is 0.752. The molecule has 0 unspecified atom stereocenters. The smallest absolute Gasteiger partial charge is 0.218 e. The van der Waals surface area contributed by atoms with Crippen LogP contribution >= 0.6 is 11.6 Å². The summed E-state index contributed by atoms with van der Waals surface area (Å²) in [5.74, 6) is 0.554. The number of aromatic nitrogens is 2. The summed E-state index contributed by atoms with van der Waals surface area (Å²) in [6, 6.07) is 1.64. The first-order valence-electron chi connectivity index (χ1n) is 4.69. The zero-order chi connectivity index (χ0) is 9.80. The molecule has 2 heterocycles. The Balaban J connectivity index is 1.95. The van der Waals surface area contributed by atoms with Crippen LogP contribution in [0.4, 0.5) is 0 Å². The van der Waals surface area contributed by atoms with Gasteiger partial charge in [0.05, 0.1) is 0 Å². The van der Waals surface area contributed by atoms with Gasteiger partial charge in [0.1, 0.15) is 17.6 Å². The Bertz CT molecular complexity index is 302. The number of piperidine rings is 1. The molecule has 0 amide bonds. The number of halogens is 1. The number of nitrogens with zero attached hydrogens (tertiary/aromatic N) is 2. The van der Waals surface area contributed by atoms with Crippen molar-refractivity contribution in [2.45, 2.75) is 18.9 Å². The highest BCUT2D eigenvalue weighted by Gasteiger charge is 2.14. The Morgan fingerprint density at radius 2 is 2.43 bits per heavy atom. The van der Waals surface area contributed by atoms with Crippen LogP contribution in [0.3, 0.4) is 0 Å². The lowest BCUT2D eigenvalue weighted by Crippen LogP contribution is -2.37. The fraction of sp³-hybridized carbons (Fsp3) is 0.556. The Morgan fingerprint density at radius 1 is 1.50 bits per heavy atom. The standard InChI is InChI=1S/C9H12ClN3O/c10-8-4-9(13-6-12-8)14-7-2-1-3-11-5-7/h4,6-7,11H,1-3,5H2/t7-/m1/s1. The summed E-state index contributed by atoms with van der Waals surface area (Å²) in [4.78, 5) is 7.78. The van der Waals surface area contributed by atoms with E-state index in [1.807, 2.05) is 0 Å². The van der Waals surface area contributed by atoms with Crippen molar-refractivity contribution in [1.82, 2.24) is 15.3 Å². The largest absolute Gasteiger partial charge is 0.473 e. The molecule has 1 aliphatic heterocycles. The molecule has 0 bridgehead atoms. The molecule has 0 radical (unpaired) electrons. The van der Waals surface area contributed by atoms with Gasteiger partial charge in [0, 0.05) is 12.6 Å². The van der Waals surface area contributed by atoms with Crippen LogP contribution in [0.5, 0.6) is 5.88 Å². The molecular formula is C9H12ClN3O. The van der Waals surface area contributed by atoms with Gasteiger partial charge in [0.25, 0.3) is 0 Å². The fourth-order valence-corrected chi connectivity index (χ4v) is 1.61. The van der Waals surface area contributed by atoms with E-state index in [9.17, 15) is 0 Å². The van der Waals surface area contributed by atoms with Gasteiger partial charge in [-0.15, -0.1) is 0 Å². The maximum atomic E-state index is 5.72. The summed E-state index contributed by atoms with van der Waals surface area (Å²) < 4.78 is 5.64. The van der Waals surface area contributed by atoms with Gasteiger partial charge >= 0.3 is 0 Å². The molecule has 0 aliphatic carbocycles. The predicted molar refractivity (Wildman–Crippen MR) is 53.6 cm³/mol. The normalized spacial score (nSPS) is 21.9. The number of hydrogen-bond acceptors (Lipinski definition) is 4. The first-order valence-corrected chi connectivity index (χ1v) is 5.07. The maximum absolute atomic E-state index is 5.72. The van der Waals surface area contributed by atoms with E-state index in [0.717, 1.165) is 25.9 Å². The average Bonchev–Trinajstić information content (AvgIpc) is 2.19. The molecule has 0 aromatic carbocycles. The molecule has 0 spiro atoms. The van der Waals surface area contributed by atoms with Crippen LogP contribution in [0, 0.1) is 0 Å². The zero-order valence-corrected chi connectivity index (χ0v) is 8.50. The molecule has 1 aliphatic rings. The Hall–Kier alpha value is -0.870. The highest BCUT2D eigenvalue weighted by atomic mass is 35.5. The van der Waals surface area contributed by atoms with Gasteiger partial charge in [0.2, 0.25) is 5.88 Å². The first kappa shape index (κ1) is 9.68. The number of rotatable bonds is 2. The minimum absolute atomic E-state index is 0.203. The molecule has 76 valence electrons. The van der Waals surface area contributed by atoms with Crippen LogP contribution in [0.25, 0.3) is 0 Å². The summed E-state index contributed by atoms with van der Waals surface area (Å²) in [5.41, 5.74) is 0. The highest BCUT2D eigenvalue weighted by Crippen LogP contribution is 2.15. The molecular weight excluding hydrogens is 202 g/mol. The summed E-state index contributed by atoms with van der Waals surface area (Å²) in [5, 5.41) is 3.68. The van der Waals surface area contributed by atoms with Gasteiger partial charge in [-0.05, 0) is 19.4 Å². The zero-order valence-electron chi connectivity index (χ0n) is 7.74. The van der Waals surface area contributed by atoms with E-state index in [2.05, 4.69) is 15.3 Å². The van der Waals surface area contributed by atoms with E-state index in [4.69, 9.17) is 16.3 Å².